The van der Waals surface area contributed by atoms with Crippen molar-refractivity contribution in [2.45, 2.75) is 107 Å². The second-order valence-corrected chi connectivity index (χ2v) is 13.8. The molecule has 4 aliphatic rings. The fourth-order valence-corrected chi connectivity index (χ4v) is 8.52. The van der Waals surface area contributed by atoms with Gasteiger partial charge in [-0.3, -0.25) is 4.79 Å². The van der Waals surface area contributed by atoms with Crippen molar-refractivity contribution in [3.05, 3.63) is 23.3 Å². The summed E-state index contributed by atoms with van der Waals surface area (Å²) in [6.45, 7) is 19.3. The zero-order valence-electron chi connectivity index (χ0n) is 21.7. The number of fused-ring (bicyclic) bond motifs is 5. The molecule has 0 N–H and O–H groups in total. The van der Waals surface area contributed by atoms with Crippen LogP contribution in [0.25, 0.3) is 0 Å². The fraction of sp³-hybridized carbons (Fsp3) is 0.833. The van der Waals surface area contributed by atoms with Gasteiger partial charge in [-0.05, 0) is 90.9 Å². The average Bonchev–Trinajstić information content (AvgIpc) is 3.00. The maximum atomic E-state index is 13.3. The van der Waals surface area contributed by atoms with Crippen LogP contribution in [-0.2, 0) is 4.79 Å². The van der Waals surface area contributed by atoms with E-state index in [-0.39, 0.29) is 5.41 Å². The number of allylic oxidation sites excluding steroid dienone is 4. The molecule has 0 heterocycles. The molecule has 0 bridgehead atoms. The highest BCUT2D eigenvalue weighted by Gasteiger charge is 2.58. The number of ketones is 1. The van der Waals surface area contributed by atoms with E-state index in [0.29, 0.717) is 40.3 Å². The maximum absolute atomic E-state index is 13.3. The van der Waals surface area contributed by atoms with Crippen LogP contribution in [0.1, 0.15) is 107 Å². The molecule has 0 aliphatic heterocycles. The molecule has 174 valence electrons. The zero-order valence-corrected chi connectivity index (χ0v) is 21.7. The maximum Gasteiger partial charge on any atom is 0.182 e. The summed E-state index contributed by atoms with van der Waals surface area (Å²) in [6, 6.07) is 0. The quantitative estimate of drug-likeness (QED) is 0.443. The largest absolute Gasteiger partial charge is 0.290 e. The third-order valence-electron chi connectivity index (χ3n) is 10.5. The smallest absolute Gasteiger partial charge is 0.182 e. The number of carbonyl (C=O) groups is 1. The Kier molecular flexibility index (Phi) is 5.92. The van der Waals surface area contributed by atoms with Gasteiger partial charge in [0.2, 0.25) is 0 Å². The Balaban J connectivity index is 1.57. The van der Waals surface area contributed by atoms with E-state index in [9.17, 15) is 4.79 Å². The second kappa shape index (κ2) is 7.88. The van der Waals surface area contributed by atoms with Gasteiger partial charge in [0, 0.05) is 11.0 Å². The molecule has 0 spiro atoms. The minimum absolute atomic E-state index is 0.0742. The van der Waals surface area contributed by atoms with Gasteiger partial charge in [-0.1, -0.05) is 79.9 Å². The van der Waals surface area contributed by atoms with Crippen molar-refractivity contribution in [2.24, 2.45) is 51.8 Å². The number of carbonyl (C=O) groups excluding carboxylic acids is 1. The molecule has 4 aliphatic carbocycles. The number of rotatable bonds is 4. The topological polar surface area (TPSA) is 17.1 Å². The van der Waals surface area contributed by atoms with Crippen molar-refractivity contribution in [3.63, 3.8) is 0 Å². The van der Waals surface area contributed by atoms with Crippen molar-refractivity contribution in [2.75, 3.05) is 0 Å². The molecule has 1 heteroatoms. The fourth-order valence-electron chi connectivity index (χ4n) is 8.52. The molecular weight excluding hydrogens is 376 g/mol. The van der Waals surface area contributed by atoms with E-state index >= 15 is 0 Å². The second-order valence-electron chi connectivity index (χ2n) is 13.8. The van der Waals surface area contributed by atoms with Crippen molar-refractivity contribution in [3.8, 4) is 0 Å². The summed E-state index contributed by atoms with van der Waals surface area (Å²) >= 11 is 0. The molecule has 8 atom stereocenters. The van der Waals surface area contributed by atoms with Gasteiger partial charge >= 0.3 is 0 Å². The molecule has 2 saturated carbocycles. The molecule has 0 amide bonds. The Morgan fingerprint density at radius 3 is 2.48 bits per heavy atom. The molecule has 2 unspecified atom stereocenters. The normalized spacial score (nSPS) is 43.5. The molecule has 0 radical (unpaired) electrons. The number of hydrogen-bond acceptors (Lipinski definition) is 1. The van der Waals surface area contributed by atoms with Gasteiger partial charge in [-0.15, -0.1) is 0 Å². The summed E-state index contributed by atoms with van der Waals surface area (Å²) in [4.78, 5) is 13.3. The van der Waals surface area contributed by atoms with Crippen molar-refractivity contribution < 1.29 is 4.79 Å². The highest BCUT2D eigenvalue weighted by atomic mass is 16.1. The summed E-state index contributed by atoms with van der Waals surface area (Å²) in [5, 5.41) is 0. The molecule has 4 rings (SSSR count). The van der Waals surface area contributed by atoms with Crippen molar-refractivity contribution in [1.29, 1.82) is 0 Å². The van der Waals surface area contributed by atoms with E-state index in [2.05, 4.69) is 67.5 Å². The van der Waals surface area contributed by atoms with Gasteiger partial charge in [0.1, 0.15) is 0 Å². The molecule has 0 saturated heterocycles. The van der Waals surface area contributed by atoms with E-state index in [1.54, 1.807) is 5.57 Å². The molecular formula is C30H48O. The van der Waals surface area contributed by atoms with E-state index in [0.717, 1.165) is 17.4 Å². The van der Waals surface area contributed by atoms with E-state index in [1.807, 2.05) is 0 Å². The predicted molar refractivity (Wildman–Crippen MR) is 132 cm³/mol. The standard InChI is InChI=1S/C30H48O/c1-19(10-9-14-28(4,5)6)23-11-12-24-22-17-27(31)26-16-20(2)21(3)18-30(26,8)25(22)13-15-29(23,24)7/h16-17,19-21,23-25H,9-15,18H2,1-8H3/t19-,20+,21-,23-,24?,25?,29-,30-/m1/s1. The van der Waals surface area contributed by atoms with Crippen LogP contribution in [0.4, 0.5) is 0 Å². The summed E-state index contributed by atoms with van der Waals surface area (Å²) < 4.78 is 0. The lowest BCUT2D eigenvalue weighted by atomic mass is 9.48. The highest BCUT2D eigenvalue weighted by Crippen LogP contribution is 2.66. The van der Waals surface area contributed by atoms with Crippen LogP contribution in [0.15, 0.2) is 23.3 Å². The minimum atomic E-state index is 0.0742. The molecule has 0 aromatic rings. The first-order valence-electron chi connectivity index (χ1n) is 13.3. The van der Waals surface area contributed by atoms with E-state index in [4.69, 9.17) is 0 Å². The molecule has 1 nitrogen and oxygen atoms in total. The summed E-state index contributed by atoms with van der Waals surface area (Å²) in [6.07, 6.45) is 15.0. The Morgan fingerprint density at radius 2 is 1.81 bits per heavy atom. The Hall–Kier alpha value is -0.850. The first-order chi connectivity index (χ1) is 14.4. The first kappa shape index (κ1) is 23.3. The highest BCUT2D eigenvalue weighted by molar-refractivity contribution is 6.07. The van der Waals surface area contributed by atoms with E-state index in [1.165, 1.54) is 51.4 Å². The Bertz CT molecular complexity index is 779. The Labute approximate surface area is 192 Å². The zero-order chi connectivity index (χ0) is 22.8. The van der Waals surface area contributed by atoms with Gasteiger partial charge in [0.05, 0.1) is 0 Å². The molecule has 2 fully saturated rings. The third-order valence-corrected chi connectivity index (χ3v) is 10.5. The van der Waals surface area contributed by atoms with Crippen LogP contribution >= 0.6 is 0 Å². The van der Waals surface area contributed by atoms with Crippen LogP contribution in [-0.4, -0.2) is 5.78 Å². The lowest BCUT2D eigenvalue weighted by molar-refractivity contribution is -0.114. The van der Waals surface area contributed by atoms with Crippen LogP contribution in [0.3, 0.4) is 0 Å². The van der Waals surface area contributed by atoms with Gasteiger partial charge < -0.3 is 0 Å². The van der Waals surface area contributed by atoms with Gasteiger partial charge in [-0.2, -0.15) is 0 Å². The van der Waals surface area contributed by atoms with Gasteiger partial charge in [0.15, 0.2) is 5.78 Å². The predicted octanol–water partition coefficient (Wildman–Crippen LogP) is 8.40. The average molecular weight is 425 g/mol. The van der Waals surface area contributed by atoms with Gasteiger partial charge in [-0.25, -0.2) is 0 Å². The SMILES string of the molecule is C[C@H](CCCC(C)(C)C)[C@H]1CCC2C3=CC(=O)C4=C[C@H](C)[C@H](C)C[C@]4(C)C3CC[C@@]21C. The number of hydrogen-bond donors (Lipinski definition) is 0. The van der Waals surface area contributed by atoms with E-state index < -0.39 is 0 Å². The van der Waals surface area contributed by atoms with Crippen LogP contribution in [0.2, 0.25) is 0 Å². The molecule has 31 heavy (non-hydrogen) atoms. The Morgan fingerprint density at radius 1 is 1.10 bits per heavy atom. The first-order valence-corrected chi connectivity index (χ1v) is 13.3. The minimum Gasteiger partial charge on any atom is -0.290 e. The van der Waals surface area contributed by atoms with Crippen molar-refractivity contribution >= 4 is 5.78 Å². The molecule has 0 aromatic heterocycles. The molecule has 0 aromatic carbocycles. The summed E-state index contributed by atoms with van der Waals surface area (Å²) in [7, 11) is 0. The lowest BCUT2D eigenvalue weighted by Crippen LogP contribution is -2.48. The summed E-state index contributed by atoms with van der Waals surface area (Å²) in [5.41, 5.74) is 3.63. The van der Waals surface area contributed by atoms with Crippen molar-refractivity contribution in [1.82, 2.24) is 0 Å². The van der Waals surface area contributed by atoms with Gasteiger partial charge in [0.25, 0.3) is 0 Å². The summed E-state index contributed by atoms with van der Waals surface area (Å²) in [5.74, 6) is 4.41. The van der Waals surface area contributed by atoms with Crippen LogP contribution in [0, 0.1) is 51.8 Å². The van der Waals surface area contributed by atoms with Crippen LogP contribution < -0.4 is 0 Å². The monoisotopic (exact) mass is 424 g/mol. The van der Waals surface area contributed by atoms with Crippen LogP contribution in [0.5, 0.6) is 0 Å². The third kappa shape index (κ3) is 3.91. The lowest BCUT2D eigenvalue weighted by Gasteiger charge is -2.55.